The highest BCUT2D eigenvalue weighted by Crippen LogP contribution is 2.30. The van der Waals surface area contributed by atoms with Crippen LogP contribution in [0.5, 0.6) is 5.75 Å². The summed E-state index contributed by atoms with van der Waals surface area (Å²) in [5.74, 6) is 0.623. The van der Waals surface area contributed by atoms with E-state index in [4.69, 9.17) is 16.3 Å². The van der Waals surface area contributed by atoms with Crippen LogP contribution in [0, 0.1) is 10.1 Å². The number of nitro groups is 1. The van der Waals surface area contributed by atoms with Gasteiger partial charge in [-0.1, -0.05) is 24.4 Å². The normalized spacial score (nSPS) is 17.2. The Labute approximate surface area is 111 Å². The van der Waals surface area contributed by atoms with Crippen LogP contribution < -0.4 is 4.74 Å². The highest BCUT2D eigenvalue weighted by Gasteiger charge is 2.16. The van der Waals surface area contributed by atoms with Crippen molar-refractivity contribution >= 4 is 17.3 Å². The molecule has 0 saturated heterocycles. The van der Waals surface area contributed by atoms with Gasteiger partial charge in [-0.3, -0.25) is 10.1 Å². The first-order valence-corrected chi connectivity index (χ1v) is 6.65. The van der Waals surface area contributed by atoms with Crippen molar-refractivity contribution < 1.29 is 9.66 Å². The molecule has 0 N–H and O–H groups in total. The number of ether oxygens (including phenoxy) is 1. The van der Waals surface area contributed by atoms with Gasteiger partial charge in [-0.15, -0.1) is 0 Å². The van der Waals surface area contributed by atoms with Gasteiger partial charge >= 0.3 is 0 Å². The standard InChI is InChI=1S/C13H16ClNO3/c14-12-9-11(7-8-13(12)15(16)17)18-10-5-3-1-2-4-6-10/h7-10H,1-6H2. The lowest BCUT2D eigenvalue weighted by atomic mass is 10.1. The van der Waals surface area contributed by atoms with E-state index in [2.05, 4.69) is 0 Å². The van der Waals surface area contributed by atoms with Gasteiger partial charge in [-0.25, -0.2) is 0 Å². The van der Waals surface area contributed by atoms with Gasteiger partial charge < -0.3 is 4.74 Å². The van der Waals surface area contributed by atoms with Crippen molar-refractivity contribution in [1.82, 2.24) is 0 Å². The molecular formula is C13H16ClNO3. The largest absolute Gasteiger partial charge is 0.490 e. The van der Waals surface area contributed by atoms with E-state index in [0.717, 1.165) is 12.8 Å². The zero-order valence-electron chi connectivity index (χ0n) is 10.1. The predicted octanol–water partition coefficient (Wildman–Crippen LogP) is 4.35. The van der Waals surface area contributed by atoms with E-state index in [0.29, 0.717) is 5.75 Å². The quantitative estimate of drug-likeness (QED) is 0.466. The van der Waals surface area contributed by atoms with Crippen LogP contribution in [0.3, 0.4) is 0 Å². The lowest BCUT2D eigenvalue weighted by molar-refractivity contribution is -0.384. The lowest BCUT2D eigenvalue weighted by Gasteiger charge is -2.16. The molecule has 0 bridgehead atoms. The molecule has 5 heteroatoms. The minimum atomic E-state index is -0.488. The summed E-state index contributed by atoms with van der Waals surface area (Å²) in [7, 11) is 0. The maximum atomic E-state index is 10.6. The SMILES string of the molecule is O=[N+]([O-])c1ccc(OC2CCCCCC2)cc1Cl. The van der Waals surface area contributed by atoms with Gasteiger partial charge in [0.25, 0.3) is 5.69 Å². The van der Waals surface area contributed by atoms with E-state index in [1.807, 2.05) is 0 Å². The molecule has 4 nitrogen and oxygen atoms in total. The molecule has 0 unspecified atom stereocenters. The maximum Gasteiger partial charge on any atom is 0.288 e. The molecule has 1 aromatic carbocycles. The van der Waals surface area contributed by atoms with Crippen LogP contribution in [-0.2, 0) is 0 Å². The van der Waals surface area contributed by atoms with Crippen LogP contribution in [0.15, 0.2) is 18.2 Å². The summed E-state index contributed by atoms with van der Waals surface area (Å²) in [4.78, 5) is 10.2. The van der Waals surface area contributed by atoms with Crippen molar-refractivity contribution in [2.45, 2.75) is 44.6 Å². The van der Waals surface area contributed by atoms with Gasteiger partial charge in [0, 0.05) is 12.1 Å². The van der Waals surface area contributed by atoms with E-state index < -0.39 is 4.92 Å². The van der Waals surface area contributed by atoms with Crippen LogP contribution in [0.2, 0.25) is 5.02 Å². The minimum absolute atomic E-state index is 0.0788. The van der Waals surface area contributed by atoms with Crippen molar-refractivity contribution in [2.75, 3.05) is 0 Å². The second-order valence-corrected chi connectivity index (χ2v) is 5.01. The van der Waals surface area contributed by atoms with Crippen molar-refractivity contribution in [1.29, 1.82) is 0 Å². The van der Waals surface area contributed by atoms with Crippen molar-refractivity contribution in [2.24, 2.45) is 0 Å². The molecule has 1 fully saturated rings. The summed E-state index contributed by atoms with van der Waals surface area (Å²) < 4.78 is 5.84. The number of rotatable bonds is 3. The summed E-state index contributed by atoms with van der Waals surface area (Å²) in [5, 5.41) is 10.8. The fourth-order valence-corrected chi connectivity index (χ4v) is 2.50. The topological polar surface area (TPSA) is 52.4 Å². The van der Waals surface area contributed by atoms with Gasteiger partial charge in [0.2, 0.25) is 0 Å². The minimum Gasteiger partial charge on any atom is -0.490 e. The van der Waals surface area contributed by atoms with E-state index in [1.54, 1.807) is 6.07 Å². The van der Waals surface area contributed by atoms with Crippen LogP contribution >= 0.6 is 11.6 Å². The fourth-order valence-electron chi connectivity index (χ4n) is 2.26. The Bertz CT molecular complexity index is 428. The Hall–Kier alpha value is -1.29. The number of benzene rings is 1. The molecule has 98 valence electrons. The molecule has 0 atom stereocenters. The maximum absolute atomic E-state index is 10.6. The first kappa shape index (κ1) is 13.1. The average molecular weight is 270 g/mol. The van der Waals surface area contributed by atoms with Gasteiger partial charge in [0.15, 0.2) is 0 Å². The Kier molecular flexibility index (Phi) is 4.42. The molecular weight excluding hydrogens is 254 g/mol. The molecule has 0 aromatic heterocycles. The smallest absolute Gasteiger partial charge is 0.288 e. The summed E-state index contributed by atoms with van der Waals surface area (Å²) in [6.45, 7) is 0. The second-order valence-electron chi connectivity index (χ2n) is 4.60. The summed E-state index contributed by atoms with van der Waals surface area (Å²) >= 11 is 5.85. The van der Waals surface area contributed by atoms with Gasteiger partial charge in [-0.2, -0.15) is 0 Å². The third-order valence-corrected chi connectivity index (χ3v) is 3.52. The average Bonchev–Trinajstić information content (AvgIpc) is 2.57. The number of nitrogens with zero attached hydrogens (tertiary/aromatic N) is 1. The third-order valence-electron chi connectivity index (χ3n) is 3.22. The van der Waals surface area contributed by atoms with Gasteiger partial charge in [0.1, 0.15) is 10.8 Å². The van der Waals surface area contributed by atoms with E-state index in [1.165, 1.54) is 37.8 Å². The predicted molar refractivity (Wildman–Crippen MR) is 70.2 cm³/mol. The highest BCUT2D eigenvalue weighted by molar-refractivity contribution is 6.32. The lowest BCUT2D eigenvalue weighted by Crippen LogP contribution is -2.15. The van der Waals surface area contributed by atoms with Crippen molar-refractivity contribution in [3.8, 4) is 5.75 Å². The Morgan fingerprint density at radius 3 is 2.44 bits per heavy atom. The van der Waals surface area contributed by atoms with Gasteiger partial charge in [0.05, 0.1) is 11.0 Å². The van der Waals surface area contributed by atoms with Crippen LogP contribution in [0.25, 0.3) is 0 Å². The summed E-state index contributed by atoms with van der Waals surface area (Å²) in [6, 6.07) is 4.55. The number of halogens is 1. The molecule has 1 aliphatic rings. The third kappa shape index (κ3) is 3.35. The van der Waals surface area contributed by atoms with Crippen molar-refractivity contribution in [3.05, 3.63) is 33.3 Å². The number of hydrogen-bond acceptors (Lipinski definition) is 3. The van der Waals surface area contributed by atoms with E-state index in [-0.39, 0.29) is 16.8 Å². The van der Waals surface area contributed by atoms with Crippen LogP contribution in [0.4, 0.5) is 5.69 Å². The van der Waals surface area contributed by atoms with Gasteiger partial charge in [-0.05, 0) is 31.7 Å². The fraction of sp³-hybridized carbons (Fsp3) is 0.538. The first-order chi connectivity index (χ1) is 8.66. The summed E-state index contributed by atoms with van der Waals surface area (Å²) in [6.07, 6.45) is 7.21. The molecule has 0 amide bonds. The molecule has 0 heterocycles. The van der Waals surface area contributed by atoms with Crippen LogP contribution in [-0.4, -0.2) is 11.0 Å². The zero-order valence-corrected chi connectivity index (χ0v) is 10.9. The number of nitro benzene ring substituents is 1. The molecule has 18 heavy (non-hydrogen) atoms. The molecule has 2 rings (SSSR count). The zero-order chi connectivity index (χ0) is 13.0. The molecule has 0 spiro atoms. The molecule has 0 aliphatic heterocycles. The highest BCUT2D eigenvalue weighted by atomic mass is 35.5. The Balaban J connectivity index is 2.05. The summed E-state index contributed by atoms with van der Waals surface area (Å²) in [5.41, 5.74) is -0.0788. The second kappa shape index (κ2) is 6.05. The molecule has 1 aliphatic carbocycles. The Morgan fingerprint density at radius 1 is 1.22 bits per heavy atom. The first-order valence-electron chi connectivity index (χ1n) is 6.27. The molecule has 1 saturated carbocycles. The number of hydrogen-bond donors (Lipinski definition) is 0. The monoisotopic (exact) mass is 269 g/mol. The van der Waals surface area contributed by atoms with Crippen LogP contribution in [0.1, 0.15) is 38.5 Å². The Morgan fingerprint density at radius 2 is 1.89 bits per heavy atom. The molecule has 1 aromatic rings. The van der Waals surface area contributed by atoms with E-state index in [9.17, 15) is 10.1 Å². The van der Waals surface area contributed by atoms with E-state index >= 15 is 0 Å². The molecule has 0 radical (unpaired) electrons. The van der Waals surface area contributed by atoms with Crippen molar-refractivity contribution in [3.63, 3.8) is 0 Å².